The molecule has 30 heavy (non-hydrogen) atoms. The quantitative estimate of drug-likeness (QED) is 0.727. The predicted molar refractivity (Wildman–Crippen MR) is 114 cm³/mol. The minimum Gasteiger partial charge on any atom is -0.493 e. The van der Waals surface area contributed by atoms with E-state index in [1.165, 1.54) is 30.7 Å². The van der Waals surface area contributed by atoms with E-state index in [1.807, 2.05) is 31.2 Å². The van der Waals surface area contributed by atoms with Crippen LogP contribution in [-0.2, 0) is 21.4 Å². The number of sulfonamides is 1. The normalized spacial score (nSPS) is 17.4. The smallest absolute Gasteiger partial charge is 0.243 e. The summed E-state index contributed by atoms with van der Waals surface area (Å²) < 4.78 is 38.1. The van der Waals surface area contributed by atoms with Gasteiger partial charge in [0, 0.05) is 25.7 Å². The maximum atomic E-state index is 13.1. The zero-order valence-electron chi connectivity index (χ0n) is 17.6. The number of hydrogen-bond acceptors (Lipinski definition) is 5. The molecule has 8 heteroatoms. The molecule has 1 aliphatic rings. The summed E-state index contributed by atoms with van der Waals surface area (Å²) in [6, 6.07) is 12.5. The van der Waals surface area contributed by atoms with E-state index in [9.17, 15) is 13.2 Å². The second kappa shape index (κ2) is 9.49. The van der Waals surface area contributed by atoms with Crippen LogP contribution in [0.3, 0.4) is 0 Å². The van der Waals surface area contributed by atoms with Crippen LogP contribution in [0.4, 0.5) is 0 Å². The first-order valence-electron chi connectivity index (χ1n) is 9.90. The Labute approximate surface area is 178 Å². The Kier molecular flexibility index (Phi) is 6.99. The van der Waals surface area contributed by atoms with Crippen LogP contribution < -0.4 is 14.8 Å². The number of aryl methyl sites for hydroxylation is 1. The molecule has 1 fully saturated rings. The molecule has 1 atom stereocenters. The van der Waals surface area contributed by atoms with Gasteiger partial charge in [0.25, 0.3) is 0 Å². The lowest BCUT2D eigenvalue weighted by molar-refractivity contribution is -0.126. The molecular weight excluding hydrogens is 404 g/mol. The van der Waals surface area contributed by atoms with Crippen molar-refractivity contribution in [3.8, 4) is 11.5 Å². The van der Waals surface area contributed by atoms with Gasteiger partial charge in [-0.05, 0) is 37.5 Å². The van der Waals surface area contributed by atoms with Gasteiger partial charge in [0.15, 0.2) is 11.5 Å². The van der Waals surface area contributed by atoms with E-state index < -0.39 is 10.0 Å². The highest BCUT2D eigenvalue weighted by Crippen LogP contribution is 2.32. The van der Waals surface area contributed by atoms with E-state index in [4.69, 9.17) is 9.47 Å². The summed E-state index contributed by atoms with van der Waals surface area (Å²) in [4.78, 5) is 12.8. The third-order valence-corrected chi connectivity index (χ3v) is 7.20. The molecule has 0 aromatic heterocycles. The van der Waals surface area contributed by atoms with Gasteiger partial charge in [-0.25, -0.2) is 8.42 Å². The molecule has 2 aromatic carbocycles. The summed E-state index contributed by atoms with van der Waals surface area (Å²) in [7, 11) is -0.782. The van der Waals surface area contributed by atoms with Gasteiger partial charge in [-0.1, -0.05) is 29.8 Å². The van der Waals surface area contributed by atoms with Crippen molar-refractivity contribution in [2.75, 3.05) is 27.3 Å². The van der Waals surface area contributed by atoms with Crippen molar-refractivity contribution in [1.82, 2.24) is 9.62 Å². The van der Waals surface area contributed by atoms with Crippen LogP contribution in [0.5, 0.6) is 11.5 Å². The van der Waals surface area contributed by atoms with Gasteiger partial charge in [-0.15, -0.1) is 0 Å². The number of ether oxygens (including phenoxy) is 2. The van der Waals surface area contributed by atoms with Crippen LogP contribution in [0.2, 0.25) is 0 Å². The van der Waals surface area contributed by atoms with Gasteiger partial charge in [0.1, 0.15) is 0 Å². The lowest BCUT2D eigenvalue weighted by atomic mass is 9.98. The molecule has 1 saturated heterocycles. The fraction of sp³-hybridized carbons (Fsp3) is 0.409. The summed E-state index contributed by atoms with van der Waals surface area (Å²) in [5.41, 5.74) is 2.17. The third kappa shape index (κ3) is 4.94. The SMILES string of the molecule is COc1ccc(S(=O)(=O)N2CCC[C@@H](C(=O)NCc3ccc(C)cc3)C2)cc1OC. The van der Waals surface area contributed by atoms with E-state index in [0.717, 1.165) is 11.1 Å². The van der Waals surface area contributed by atoms with E-state index >= 15 is 0 Å². The molecule has 1 amide bonds. The standard InChI is InChI=1S/C22H28N2O5S/c1-16-6-8-17(9-7-16)14-23-22(25)18-5-4-12-24(15-18)30(26,27)19-10-11-20(28-2)21(13-19)29-3/h6-11,13,18H,4-5,12,14-15H2,1-3H3,(H,23,25)/t18-/m1/s1. The zero-order chi connectivity index (χ0) is 21.7. The van der Waals surface area contributed by atoms with Crippen molar-refractivity contribution >= 4 is 15.9 Å². The number of carbonyl (C=O) groups excluding carboxylic acids is 1. The Hall–Kier alpha value is -2.58. The number of benzene rings is 2. The van der Waals surface area contributed by atoms with E-state index in [-0.39, 0.29) is 23.3 Å². The molecule has 0 spiro atoms. The summed E-state index contributed by atoms with van der Waals surface area (Å²) in [6.45, 7) is 2.99. The molecule has 3 rings (SSSR count). The van der Waals surface area contributed by atoms with Crippen molar-refractivity contribution in [1.29, 1.82) is 0 Å². The van der Waals surface area contributed by atoms with Crippen molar-refractivity contribution < 1.29 is 22.7 Å². The first kappa shape index (κ1) is 22.1. The van der Waals surface area contributed by atoms with Crippen molar-refractivity contribution in [2.45, 2.75) is 31.2 Å². The number of methoxy groups -OCH3 is 2. The van der Waals surface area contributed by atoms with E-state index in [1.54, 1.807) is 6.07 Å². The molecule has 162 valence electrons. The van der Waals surface area contributed by atoms with Crippen LogP contribution in [0.1, 0.15) is 24.0 Å². The largest absolute Gasteiger partial charge is 0.493 e. The monoisotopic (exact) mass is 432 g/mol. The van der Waals surface area contributed by atoms with Gasteiger partial charge < -0.3 is 14.8 Å². The molecular formula is C22H28N2O5S. The average Bonchev–Trinajstić information content (AvgIpc) is 2.78. The average molecular weight is 433 g/mol. The van der Waals surface area contributed by atoms with Crippen molar-refractivity contribution in [2.24, 2.45) is 5.92 Å². The minimum absolute atomic E-state index is 0.122. The molecule has 0 radical (unpaired) electrons. The lowest BCUT2D eigenvalue weighted by Crippen LogP contribution is -2.45. The molecule has 0 saturated carbocycles. The second-order valence-corrected chi connectivity index (χ2v) is 9.36. The molecule has 1 heterocycles. The molecule has 0 unspecified atom stereocenters. The summed E-state index contributed by atoms with van der Waals surface area (Å²) in [5.74, 6) is 0.313. The number of carbonyl (C=O) groups is 1. The fourth-order valence-corrected chi connectivity index (χ4v) is 5.08. The predicted octanol–water partition coefficient (Wildman–Crippen LogP) is 2.73. The number of nitrogens with one attached hydrogen (secondary N) is 1. The Bertz CT molecular complexity index is 989. The minimum atomic E-state index is -3.74. The van der Waals surface area contributed by atoms with Gasteiger partial charge in [-0.3, -0.25) is 4.79 Å². The Balaban J connectivity index is 1.68. The van der Waals surface area contributed by atoms with Gasteiger partial charge in [0.2, 0.25) is 15.9 Å². The first-order valence-corrected chi connectivity index (χ1v) is 11.3. The molecule has 7 nitrogen and oxygen atoms in total. The highest BCUT2D eigenvalue weighted by atomic mass is 32.2. The zero-order valence-corrected chi connectivity index (χ0v) is 18.4. The Morgan fingerprint density at radius 3 is 2.47 bits per heavy atom. The molecule has 2 aromatic rings. The maximum Gasteiger partial charge on any atom is 0.243 e. The van der Waals surface area contributed by atoms with Crippen LogP contribution in [0.15, 0.2) is 47.4 Å². The fourth-order valence-electron chi connectivity index (χ4n) is 3.54. The van der Waals surface area contributed by atoms with Crippen molar-refractivity contribution in [3.05, 3.63) is 53.6 Å². The van der Waals surface area contributed by atoms with Gasteiger partial charge in [0.05, 0.1) is 25.0 Å². The second-order valence-electron chi connectivity index (χ2n) is 7.42. The number of amides is 1. The Morgan fingerprint density at radius 2 is 1.80 bits per heavy atom. The lowest BCUT2D eigenvalue weighted by Gasteiger charge is -2.31. The number of nitrogens with zero attached hydrogens (tertiary/aromatic N) is 1. The summed E-state index contributed by atoms with van der Waals surface area (Å²) in [5, 5.41) is 2.94. The van der Waals surface area contributed by atoms with Crippen LogP contribution in [0.25, 0.3) is 0 Å². The number of hydrogen-bond donors (Lipinski definition) is 1. The van der Waals surface area contributed by atoms with Crippen LogP contribution in [0, 0.1) is 12.8 Å². The molecule has 1 aliphatic heterocycles. The van der Waals surface area contributed by atoms with Crippen molar-refractivity contribution in [3.63, 3.8) is 0 Å². The maximum absolute atomic E-state index is 13.1. The van der Waals surface area contributed by atoms with E-state index in [2.05, 4.69) is 5.32 Å². The molecule has 1 N–H and O–H groups in total. The molecule has 0 aliphatic carbocycles. The van der Waals surface area contributed by atoms with Crippen LogP contribution >= 0.6 is 0 Å². The highest BCUT2D eigenvalue weighted by Gasteiger charge is 2.33. The topological polar surface area (TPSA) is 84.9 Å². The number of rotatable bonds is 7. The third-order valence-electron chi connectivity index (χ3n) is 5.34. The molecule has 0 bridgehead atoms. The van der Waals surface area contributed by atoms with E-state index in [0.29, 0.717) is 37.4 Å². The number of piperidine rings is 1. The summed E-state index contributed by atoms with van der Waals surface area (Å²) >= 11 is 0. The summed E-state index contributed by atoms with van der Waals surface area (Å²) in [6.07, 6.45) is 1.30. The van der Waals surface area contributed by atoms with Crippen LogP contribution in [-0.4, -0.2) is 45.9 Å². The highest BCUT2D eigenvalue weighted by molar-refractivity contribution is 7.89. The Morgan fingerprint density at radius 1 is 1.10 bits per heavy atom. The van der Waals surface area contributed by atoms with Gasteiger partial charge >= 0.3 is 0 Å². The first-order chi connectivity index (χ1) is 14.3. The van der Waals surface area contributed by atoms with Gasteiger partial charge in [-0.2, -0.15) is 4.31 Å².